The van der Waals surface area contributed by atoms with E-state index in [0.29, 0.717) is 11.2 Å². The second-order valence-corrected chi connectivity index (χ2v) is 6.42. The van der Waals surface area contributed by atoms with Crippen LogP contribution in [0.4, 0.5) is 14.5 Å². The van der Waals surface area contributed by atoms with Crippen molar-refractivity contribution in [3.63, 3.8) is 0 Å². The van der Waals surface area contributed by atoms with Crippen LogP contribution in [0.15, 0.2) is 79.0 Å². The second-order valence-electron chi connectivity index (χ2n) is 6.42. The molecule has 4 aromatic rings. The molecule has 0 spiro atoms. The normalized spacial score (nSPS) is 10.8. The summed E-state index contributed by atoms with van der Waals surface area (Å²) in [4.78, 5) is 16.3. The van der Waals surface area contributed by atoms with Gasteiger partial charge in [-0.2, -0.15) is 0 Å². The van der Waals surface area contributed by atoms with Crippen molar-refractivity contribution in [3.05, 3.63) is 96.2 Å². The van der Waals surface area contributed by atoms with Crippen LogP contribution in [0.2, 0.25) is 0 Å². The third-order valence-electron chi connectivity index (χ3n) is 4.48. The minimum atomic E-state index is -0.353. The average Bonchev–Trinajstić information content (AvgIpc) is 2.71. The number of amides is 1. The van der Waals surface area contributed by atoms with Gasteiger partial charge >= 0.3 is 0 Å². The predicted molar refractivity (Wildman–Crippen MR) is 106 cm³/mol. The van der Waals surface area contributed by atoms with E-state index in [1.807, 2.05) is 30.3 Å². The smallest absolute Gasteiger partial charge is 0.228 e. The number of benzene rings is 3. The highest BCUT2D eigenvalue weighted by Gasteiger charge is 2.09. The van der Waals surface area contributed by atoms with E-state index in [1.165, 1.54) is 30.3 Å². The second kappa shape index (κ2) is 7.56. The molecule has 1 amide bonds. The Bertz CT molecular complexity index is 1140. The summed E-state index contributed by atoms with van der Waals surface area (Å²) in [5, 5.41) is 3.48. The number of hydrogen-bond donors (Lipinski definition) is 1. The van der Waals surface area contributed by atoms with Crippen molar-refractivity contribution in [2.24, 2.45) is 0 Å². The van der Waals surface area contributed by atoms with Crippen molar-refractivity contribution >= 4 is 22.5 Å². The van der Waals surface area contributed by atoms with Crippen LogP contribution in [0.5, 0.6) is 0 Å². The molecule has 138 valence electrons. The van der Waals surface area contributed by atoms with E-state index in [2.05, 4.69) is 10.3 Å². The highest BCUT2D eigenvalue weighted by atomic mass is 19.1. The van der Waals surface area contributed by atoms with Crippen LogP contribution >= 0.6 is 0 Å². The van der Waals surface area contributed by atoms with Gasteiger partial charge in [0, 0.05) is 17.3 Å². The van der Waals surface area contributed by atoms with E-state index in [1.54, 1.807) is 18.3 Å². The number of fused-ring (bicyclic) bond motifs is 1. The predicted octanol–water partition coefficient (Wildman–Crippen LogP) is 5.36. The lowest BCUT2D eigenvalue weighted by molar-refractivity contribution is -0.115. The number of carbonyl (C=O) groups excluding carboxylic acids is 1. The molecule has 4 rings (SSSR count). The molecular weight excluding hydrogens is 358 g/mol. The van der Waals surface area contributed by atoms with E-state index in [4.69, 9.17) is 0 Å². The van der Waals surface area contributed by atoms with Gasteiger partial charge in [-0.15, -0.1) is 0 Å². The maximum atomic E-state index is 14.0. The standard InChI is InChI=1S/C23H16F2N2O/c24-17-7-9-18(10-8-17)27-22(28)14-15-3-5-16(6-4-15)19-11-12-21(25)23-20(19)2-1-13-26-23/h1-13H,14H2,(H,27,28). The Labute approximate surface area is 160 Å². The Hall–Kier alpha value is -3.60. The van der Waals surface area contributed by atoms with Crippen LogP contribution in [-0.2, 0) is 11.2 Å². The molecule has 0 saturated carbocycles. The van der Waals surface area contributed by atoms with Crippen LogP contribution < -0.4 is 5.32 Å². The van der Waals surface area contributed by atoms with Crippen LogP contribution in [0.1, 0.15) is 5.56 Å². The zero-order valence-electron chi connectivity index (χ0n) is 14.8. The number of halogens is 2. The first-order chi connectivity index (χ1) is 13.6. The molecule has 0 aliphatic heterocycles. The van der Waals surface area contributed by atoms with Crippen molar-refractivity contribution in [2.45, 2.75) is 6.42 Å². The number of rotatable bonds is 4. The van der Waals surface area contributed by atoms with Crippen LogP contribution in [0.25, 0.3) is 22.0 Å². The maximum Gasteiger partial charge on any atom is 0.228 e. The number of nitrogens with zero attached hydrogens (tertiary/aromatic N) is 1. The minimum absolute atomic E-state index is 0.184. The van der Waals surface area contributed by atoms with E-state index >= 15 is 0 Å². The molecule has 0 fully saturated rings. The van der Waals surface area contributed by atoms with Crippen LogP contribution in [0.3, 0.4) is 0 Å². The summed E-state index contributed by atoms with van der Waals surface area (Å²) < 4.78 is 26.9. The van der Waals surface area contributed by atoms with Gasteiger partial charge in [0.1, 0.15) is 17.2 Å². The van der Waals surface area contributed by atoms with Crippen molar-refractivity contribution < 1.29 is 13.6 Å². The Balaban J connectivity index is 1.52. The fraction of sp³-hybridized carbons (Fsp3) is 0.0435. The first-order valence-electron chi connectivity index (χ1n) is 8.78. The lowest BCUT2D eigenvalue weighted by atomic mass is 9.98. The Kier molecular flexibility index (Phi) is 4.81. The van der Waals surface area contributed by atoms with Crippen molar-refractivity contribution in [1.82, 2.24) is 4.98 Å². The zero-order chi connectivity index (χ0) is 19.5. The summed E-state index contributed by atoms with van der Waals surface area (Å²) in [6, 6.07) is 19.9. The van der Waals surface area contributed by atoms with Gasteiger partial charge in [0.05, 0.1) is 6.42 Å². The van der Waals surface area contributed by atoms with Gasteiger partial charge < -0.3 is 5.32 Å². The first-order valence-corrected chi connectivity index (χ1v) is 8.78. The fourth-order valence-electron chi connectivity index (χ4n) is 3.12. The SMILES string of the molecule is O=C(Cc1ccc(-c2ccc(F)c3ncccc23)cc1)Nc1ccc(F)cc1. The zero-order valence-corrected chi connectivity index (χ0v) is 14.8. The third-order valence-corrected chi connectivity index (χ3v) is 4.48. The summed E-state index contributed by atoms with van der Waals surface area (Å²) in [7, 11) is 0. The number of carbonyl (C=O) groups is 1. The summed E-state index contributed by atoms with van der Waals surface area (Å²) in [5.41, 5.74) is 3.52. The molecule has 0 atom stereocenters. The number of aromatic nitrogens is 1. The summed E-state index contributed by atoms with van der Waals surface area (Å²) in [6.07, 6.45) is 1.77. The molecule has 0 aliphatic rings. The molecule has 0 unspecified atom stereocenters. The molecule has 1 heterocycles. The molecule has 5 heteroatoms. The Morgan fingerprint density at radius 2 is 1.64 bits per heavy atom. The number of hydrogen-bond acceptors (Lipinski definition) is 2. The topological polar surface area (TPSA) is 42.0 Å². The molecule has 0 aliphatic carbocycles. The molecule has 1 N–H and O–H groups in total. The molecule has 3 nitrogen and oxygen atoms in total. The molecule has 0 bridgehead atoms. The summed E-state index contributed by atoms with van der Waals surface area (Å²) in [6.45, 7) is 0. The van der Waals surface area contributed by atoms with E-state index in [0.717, 1.165) is 22.1 Å². The highest BCUT2D eigenvalue weighted by Crippen LogP contribution is 2.29. The van der Waals surface area contributed by atoms with Crippen LogP contribution in [-0.4, -0.2) is 10.9 Å². The Morgan fingerprint density at radius 1 is 0.893 bits per heavy atom. The van der Waals surface area contributed by atoms with E-state index in [9.17, 15) is 13.6 Å². The monoisotopic (exact) mass is 374 g/mol. The van der Waals surface area contributed by atoms with Gasteiger partial charge in [-0.05, 0) is 53.1 Å². The van der Waals surface area contributed by atoms with Gasteiger partial charge in [-0.1, -0.05) is 36.4 Å². The van der Waals surface area contributed by atoms with E-state index in [-0.39, 0.29) is 24.0 Å². The molecular formula is C23H16F2N2O. The van der Waals surface area contributed by atoms with Gasteiger partial charge in [-0.3, -0.25) is 9.78 Å². The van der Waals surface area contributed by atoms with Gasteiger partial charge in [0.15, 0.2) is 0 Å². The molecule has 3 aromatic carbocycles. The molecule has 1 aromatic heterocycles. The van der Waals surface area contributed by atoms with Crippen LogP contribution in [0, 0.1) is 11.6 Å². The van der Waals surface area contributed by atoms with Crippen molar-refractivity contribution in [2.75, 3.05) is 5.32 Å². The number of pyridine rings is 1. The third kappa shape index (κ3) is 3.74. The number of anilines is 1. The molecule has 28 heavy (non-hydrogen) atoms. The summed E-state index contributed by atoms with van der Waals surface area (Å²) >= 11 is 0. The largest absolute Gasteiger partial charge is 0.326 e. The lowest BCUT2D eigenvalue weighted by Crippen LogP contribution is -2.14. The first kappa shape index (κ1) is 17.8. The summed E-state index contributed by atoms with van der Waals surface area (Å²) in [5.74, 6) is -0.888. The van der Waals surface area contributed by atoms with Gasteiger partial charge in [0.2, 0.25) is 5.91 Å². The minimum Gasteiger partial charge on any atom is -0.326 e. The number of nitrogens with one attached hydrogen (secondary N) is 1. The van der Waals surface area contributed by atoms with E-state index < -0.39 is 0 Å². The van der Waals surface area contributed by atoms with Gasteiger partial charge in [-0.25, -0.2) is 8.78 Å². The fourth-order valence-corrected chi connectivity index (χ4v) is 3.12. The highest BCUT2D eigenvalue weighted by molar-refractivity contribution is 5.95. The quantitative estimate of drug-likeness (QED) is 0.522. The Morgan fingerprint density at radius 3 is 2.39 bits per heavy atom. The average molecular weight is 374 g/mol. The lowest BCUT2D eigenvalue weighted by Gasteiger charge is -2.09. The molecule has 0 saturated heterocycles. The van der Waals surface area contributed by atoms with Crippen molar-refractivity contribution in [3.8, 4) is 11.1 Å². The van der Waals surface area contributed by atoms with Gasteiger partial charge in [0.25, 0.3) is 0 Å². The van der Waals surface area contributed by atoms with Crippen molar-refractivity contribution in [1.29, 1.82) is 0 Å². The maximum absolute atomic E-state index is 14.0. The molecule has 0 radical (unpaired) electrons.